The Morgan fingerprint density at radius 3 is 1.22 bits per heavy atom. The third-order valence-corrected chi connectivity index (χ3v) is 9.73. The molecule has 1 aliphatic rings. The van der Waals surface area contributed by atoms with Crippen molar-refractivity contribution >= 4 is 17.9 Å². The lowest BCUT2D eigenvalue weighted by Gasteiger charge is -2.45. The fourth-order valence-corrected chi connectivity index (χ4v) is 6.98. The highest BCUT2D eigenvalue weighted by atomic mass is 16.7. The van der Waals surface area contributed by atoms with Crippen LogP contribution in [0.1, 0.15) is 47.8 Å². The van der Waals surface area contributed by atoms with Crippen molar-refractivity contribution in [2.24, 2.45) is 0 Å². The average molecular weight is 775 g/mol. The van der Waals surface area contributed by atoms with Gasteiger partial charge in [-0.05, 0) is 53.1 Å². The lowest BCUT2D eigenvalue weighted by Crippen LogP contribution is -2.63. The van der Waals surface area contributed by atoms with Gasteiger partial charge in [-0.2, -0.15) is 0 Å². The van der Waals surface area contributed by atoms with E-state index < -0.39 is 54.2 Å². The van der Waals surface area contributed by atoms with Gasteiger partial charge in [-0.15, -0.1) is 6.58 Å². The Bertz CT molecular complexity index is 2140. The van der Waals surface area contributed by atoms with Gasteiger partial charge in [0.1, 0.15) is 11.7 Å². The molecule has 0 bridgehead atoms. The number of esters is 3. The molecule has 1 aliphatic heterocycles. The van der Waals surface area contributed by atoms with E-state index in [1.54, 1.807) is 91.0 Å². The van der Waals surface area contributed by atoms with Gasteiger partial charge in [0, 0.05) is 0 Å². The van der Waals surface area contributed by atoms with Crippen molar-refractivity contribution in [1.82, 2.24) is 0 Å². The minimum atomic E-state index is -1.45. The quantitative estimate of drug-likeness (QED) is 0.0439. The molecule has 0 aromatic heterocycles. The minimum Gasteiger partial charge on any atom is -0.452 e. The molecular formula is C49H42O9. The molecule has 1 heterocycles. The maximum absolute atomic E-state index is 14.0. The van der Waals surface area contributed by atoms with Gasteiger partial charge in [0.15, 0.2) is 24.6 Å². The summed E-state index contributed by atoms with van der Waals surface area (Å²) in [6, 6.07) is 54.4. The van der Waals surface area contributed by atoms with Crippen LogP contribution in [0.5, 0.6) is 0 Å². The van der Waals surface area contributed by atoms with Crippen molar-refractivity contribution in [2.75, 3.05) is 13.2 Å². The number of rotatable bonds is 15. The molecule has 0 aliphatic carbocycles. The number of benzene rings is 6. The lowest BCUT2D eigenvalue weighted by molar-refractivity contribution is -0.300. The van der Waals surface area contributed by atoms with Gasteiger partial charge < -0.3 is 28.4 Å². The zero-order valence-corrected chi connectivity index (χ0v) is 31.6. The molecule has 6 aromatic carbocycles. The Hall–Kier alpha value is -6.65. The molecule has 0 radical (unpaired) electrons. The fourth-order valence-electron chi connectivity index (χ4n) is 6.98. The third-order valence-electron chi connectivity index (χ3n) is 9.73. The first kappa shape index (κ1) is 39.6. The van der Waals surface area contributed by atoms with E-state index in [1.165, 1.54) is 6.08 Å². The predicted molar refractivity (Wildman–Crippen MR) is 217 cm³/mol. The molecule has 7 rings (SSSR count). The zero-order valence-electron chi connectivity index (χ0n) is 31.6. The largest absolute Gasteiger partial charge is 0.452 e. The molecule has 9 nitrogen and oxygen atoms in total. The smallest absolute Gasteiger partial charge is 0.338 e. The molecule has 1 saturated heterocycles. The van der Waals surface area contributed by atoms with Gasteiger partial charge >= 0.3 is 17.9 Å². The van der Waals surface area contributed by atoms with Crippen LogP contribution in [0, 0.1) is 0 Å². The molecule has 6 aromatic rings. The molecule has 0 amide bonds. The van der Waals surface area contributed by atoms with Crippen molar-refractivity contribution in [2.45, 2.75) is 36.3 Å². The summed E-state index contributed by atoms with van der Waals surface area (Å²) in [4.78, 5) is 41.8. The third kappa shape index (κ3) is 8.98. The van der Waals surface area contributed by atoms with Crippen molar-refractivity contribution in [1.29, 1.82) is 0 Å². The van der Waals surface area contributed by atoms with Crippen LogP contribution < -0.4 is 0 Å². The molecule has 1 fully saturated rings. The van der Waals surface area contributed by atoms with E-state index in [-0.39, 0.29) is 29.9 Å². The number of carbonyl (C=O) groups is 3. The predicted octanol–water partition coefficient (Wildman–Crippen LogP) is 8.60. The van der Waals surface area contributed by atoms with Crippen LogP contribution >= 0.6 is 0 Å². The summed E-state index contributed by atoms with van der Waals surface area (Å²) in [5.74, 6) is -2.20. The van der Waals surface area contributed by atoms with Crippen molar-refractivity contribution in [3.63, 3.8) is 0 Å². The Kier molecular flexibility index (Phi) is 13.0. The van der Waals surface area contributed by atoms with E-state index in [4.69, 9.17) is 28.4 Å². The molecule has 292 valence electrons. The lowest BCUT2D eigenvalue weighted by atomic mass is 9.80. The monoisotopic (exact) mass is 774 g/mol. The van der Waals surface area contributed by atoms with Gasteiger partial charge in [0.05, 0.1) is 29.9 Å². The Morgan fingerprint density at radius 1 is 0.500 bits per heavy atom. The average Bonchev–Trinajstić information content (AvgIpc) is 3.29. The number of ether oxygens (including phenoxy) is 6. The molecule has 0 saturated carbocycles. The van der Waals surface area contributed by atoms with Crippen LogP contribution in [-0.4, -0.2) is 61.8 Å². The SMILES string of the molecule is C=CCOC1O[C@H](COC(c2ccccc2)(c2ccccc2)c2ccccc2)[C@@H](OC(=O)c2ccccc2)[C@H](OC(=O)c2ccccc2)[C@H]1OC(=O)c1ccccc1. The molecule has 0 N–H and O–H groups in total. The second-order valence-electron chi connectivity index (χ2n) is 13.5. The highest BCUT2D eigenvalue weighted by molar-refractivity contribution is 5.91. The molecule has 9 heteroatoms. The first-order valence-electron chi connectivity index (χ1n) is 18.9. The Morgan fingerprint density at radius 2 is 0.845 bits per heavy atom. The topological polar surface area (TPSA) is 107 Å². The number of hydrogen-bond donors (Lipinski definition) is 0. The number of carbonyl (C=O) groups excluding carboxylic acids is 3. The Balaban J connectivity index is 1.35. The first-order valence-corrected chi connectivity index (χ1v) is 18.9. The van der Waals surface area contributed by atoms with E-state index in [0.29, 0.717) is 0 Å². The Labute approximate surface area is 337 Å². The first-order chi connectivity index (χ1) is 28.5. The highest BCUT2D eigenvalue weighted by Crippen LogP contribution is 2.42. The number of hydrogen-bond acceptors (Lipinski definition) is 9. The van der Waals surface area contributed by atoms with Crippen LogP contribution in [0.2, 0.25) is 0 Å². The fraction of sp³-hybridized carbons (Fsp3) is 0.163. The van der Waals surface area contributed by atoms with Gasteiger partial charge in [0.2, 0.25) is 0 Å². The molecular weight excluding hydrogens is 733 g/mol. The second kappa shape index (κ2) is 19.0. The normalized spacial score (nSPS) is 19.0. The van der Waals surface area contributed by atoms with E-state index in [9.17, 15) is 14.4 Å². The van der Waals surface area contributed by atoms with Crippen LogP contribution in [0.15, 0.2) is 195 Å². The second-order valence-corrected chi connectivity index (χ2v) is 13.5. The van der Waals surface area contributed by atoms with Gasteiger partial charge in [-0.3, -0.25) is 0 Å². The van der Waals surface area contributed by atoms with E-state index >= 15 is 0 Å². The highest BCUT2D eigenvalue weighted by Gasteiger charge is 2.54. The van der Waals surface area contributed by atoms with Gasteiger partial charge in [-0.1, -0.05) is 152 Å². The summed E-state index contributed by atoms with van der Waals surface area (Å²) in [7, 11) is 0. The summed E-state index contributed by atoms with van der Waals surface area (Å²) < 4.78 is 38.7. The van der Waals surface area contributed by atoms with E-state index in [2.05, 4.69) is 6.58 Å². The molecule has 58 heavy (non-hydrogen) atoms. The summed E-state index contributed by atoms with van der Waals surface area (Å²) in [6.45, 7) is 3.55. The maximum Gasteiger partial charge on any atom is 0.338 e. The molecule has 5 atom stereocenters. The molecule has 1 unspecified atom stereocenters. The standard InChI is InChI=1S/C49H42O9/c1-2-33-53-48-44(58-47(52)37-25-13-5-14-26-37)43(57-46(51)36-23-11-4-12-24-36)42(56-45(50)35-21-9-3-10-22-35)41(55-48)34-54-49(38-27-15-6-16-28-38,39-29-17-7-18-30-39)40-31-19-8-20-32-40/h2-32,41-44,48H,1,33-34H2/t41-,42-,43+,44-,48?/m1/s1. The van der Waals surface area contributed by atoms with Crippen molar-refractivity contribution in [3.05, 3.63) is 228 Å². The summed E-state index contributed by atoms with van der Waals surface area (Å²) in [5, 5.41) is 0. The van der Waals surface area contributed by atoms with Crippen LogP contribution in [0.3, 0.4) is 0 Å². The van der Waals surface area contributed by atoms with Gasteiger partial charge in [-0.25, -0.2) is 14.4 Å². The summed E-state index contributed by atoms with van der Waals surface area (Å²) >= 11 is 0. The van der Waals surface area contributed by atoms with Crippen LogP contribution in [0.4, 0.5) is 0 Å². The van der Waals surface area contributed by atoms with Crippen molar-refractivity contribution < 1.29 is 42.8 Å². The maximum atomic E-state index is 14.0. The summed E-state index contributed by atoms with van der Waals surface area (Å²) in [6.07, 6.45) is -5.24. The van der Waals surface area contributed by atoms with Crippen LogP contribution in [0.25, 0.3) is 0 Å². The van der Waals surface area contributed by atoms with Gasteiger partial charge in [0.25, 0.3) is 0 Å². The minimum absolute atomic E-state index is 0.0204. The summed E-state index contributed by atoms with van der Waals surface area (Å²) in [5.41, 5.74) is 1.96. The zero-order chi connectivity index (χ0) is 40.2. The van der Waals surface area contributed by atoms with E-state index in [1.807, 2.05) is 91.0 Å². The van der Waals surface area contributed by atoms with E-state index in [0.717, 1.165) is 16.7 Å². The van der Waals surface area contributed by atoms with Crippen LogP contribution in [-0.2, 0) is 34.0 Å². The van der Waals surface area contributed by atoms with Crippen molar-refractivity contribution in [3.8, 4) is 0 Å². The molecule has 0 spiro atoms.